The second kappa shape index (κ2) is 8.55. The molecule has 0 aliphatic rings. The van der Waals surface area contributed by atoms with Gasteiger partial charge in [0.1, 0.15) is 29.7 Å². The monoisotopic (exact) mass is 424 g/mol. The zero-order chi connectivity index (χ0) is 21.9. The molecular weight excluding hydrogens is 403 g/mol. The third-order valence-corrected chi connectivity index (χ3v) is 5.35. The van der Waals surface area contributed by atoms with Gasteiger partial charge in [0.05, 0.1) is 11.0 Å². The van der Waals surface area contributed by atoms with Crippen LogP contribution in [0.3, 0.4) is 0 Å². The van der Waals surface area contributed by atoms with E-state index in [2.05, 4.69) is 4.57 Å². The van der Waals surface area contributed by atoms with E-state index in [1.807, 2.05) is 60.7 Å². The average Bonchev–Trinajstić information content (AvgIpc) is 3.18. The summed E-state index contributed by atoms with van der Waals surface area (Å²) in [6.07, 6.45) is 0. The molecule has 32 heavy (non-hydrogen) atoms. The van der Waals surface area contributed by atoms with E-state index in [9.17, 15) is 9.50 Å². The zero-order valence-electron chi connectivity index (χ0n) is 17.3. The van der Waals surface area contributed by atoms with Gasteiger partial charge in [0.2, 0.25) is 0 Å². The summed E-state index contributed by atoms with van der Waals surface area (Å²) in [4.78, 5) is 4.87. The molecule has 0 atom stereocenters. The van der Waals surface area contributed by atoms with Crippen LogP contribution in [0.15, 0.2) is 97.1 Å². The molecule has 0 radical (unpaired) electrons. The molecule has 0 saturated heterocycles. The minimum atomic E-state index is -0.261. The maximum atomic E-state index is 13.4. The highest BCUT2D eigenvalue weighted by Gasteiger charge is 2.14. The van der Waals surface area contributed by atoms with E-state index in [0.717, 1.165) is 39.3 Å². The number of phenolic OH excluding ortho intramolecular Hbond substituents is 1. The Hall–Kier alpha value is -4.12. The normalized spacial score (nSPS) is 11.0. The van der Waals surface area contributed by atoms with Crippen LogP contribution in [0.25, 0.3) is 22.4 Å². The number of rotatable bonds is 6. The van der Waals surface area contributed by atoms with Crippen molar-refractivity contribution in [2.24, 2.45) is 0 Å². The highest BCUT2D eigenvalue weighted by Crippen LogP contribution is 2.29. The molecule has 0 amide bonds. The maximum absolute atomic E-state index is 13.4. The summed E-state index contributed by atoms with van der Waals surface area (Å²) in [6, 6.07) is 29.3. The first-order chi connectivity index (χ1) is 15.7. The van der Waals surface area contributed by atoms with Crippen molar-refractivity contribution >= 4 is 11.0 Å². The standard InChI is InChI=1S/C27H21FN2O2/c28-22-10-6-19(7-11-22)17-30-26-15-14-24(32-18-20-4-2-1-3-5-20)16-25(26)29-27(30)21-8-12-23(31)13-9-21/h1-16,31H,17-18H2. The van der Waals surface area contributed by atoms with Gasteiger partial charge in [-0.05, 0) is 59.7 Å². The molecule has 0 aliphatic heterocycles. The van der Waals surface area contributed by atoms with E-state index in [0.29, 0.717) is 13.2 Å². The largest absolute Gasteiger partial charge is 0.508 e. The average molecular weight is 424 g/mol. The predicted octanol–water partition coefficient (Wildman–Crippen LogP) is 6.18. The molecule has 1 aromatic heterocycles. The van der Waals surface area contributed by atoms with Gasteiger partial charge in [-0.15, -0.1) is 0 Å². The van der Waals surface area contributed by atoms with Crippen molar-refractivity contribution in [2.75, 3.05) is 0 Å². The van der Waals surface area contributed by atoms with Gasteiger partial charge in [-0.2, -0.15) is 0 Å². The Balaban J connectivity index is 1.53. The van der Waals surface area contributed by atoms with Gasteiger partial charge in [-0.25, -0.2) is 9.37 Å². The number of fused-ring (bicyclic) bond motifs is 1. The minimum Gasteiger partial charge on any atom is -0.508 e. The molecular formula is C27H21FN2O2. The molecule has 1 heterocycles. The number of ether oxygens (including phenoxy) is 1. The predicted molar refractivity (Wildman–Crippen MR) is 123 cm³/mol. The minimum absolute atomic E-state index is 0.201. The number of benzene rings is 4. The van der Waals surface area contributed by atoms with Gasteiger partial charge in [0.25, 0.3) is 0 Å². The number of hydrogen-bond donors (Lipinski definition) is 1. The van der Waals surface area contributed by atoms with Crippen molar-refractivity contribution in [3.63, 3.8) is 0 Å². The lowest BCUT2D eigenvalue weighted by Gasteiger charge is -2.10. The zero-order valence-corrected chi connectivity index (χ0v) is 17.3. The molecule has 0 aliphatic carbocycles. The summed E-state index contributed by atoms with van der Waals surface area (Å²) in [5.74, 6) is 1.45. The number of phenols is 1. The highest BCUT2D eigenvalue weighted by atomic mass is 19.1. The highest BCUT2D eigenvalue weighted by molar-refractivity contribution is 5.82. The second-order valence-electron chi connectivity index (χ2n) is 7.62. The third-order valence-electron chi connectivity index (χ3n) is 5.35. The van der Waals surface area contributed by atoms with E-state index in [1.54, 1.807) is 24.3 Å². The Kier molecular flexibility index (Phi) is 5.30. The Morgan fingerprint density at radius 3 is 2.31 bits per heavy atom. The van der Waals surface area contributed by atoms with Crippen LogP contribution in [0.5, 0.6) is 11.5 Å². The number of halogens is 1. The molecule has 0 fully saturated rings. The van der Waals surface area contributed by atoms with Crippen LogP contribution in [0.1, 0.15) is 11.1 Å². The molecule has 4 aromatic carbocycles. The Bertz CT molecular complexity index is 1340. The first kappa shape index (κ1) is 19.8. The maximum Gasteiger partial charge on any atom is 0.141 e. The summed E-state index contributed by atoms with van der Waals surface area (Å²) in [7, 11) is 0. The molecule has 5 rings (SSSR count). The van der Waals surface area contributed by atoms with Gasteiger partial charge in [0.15, 0.2) is 0 Å². The Morgan fingerprint density at radius 1 is 0.812 bits per heavy atom. The van der Waals surface area contributed by atoms with Gasteiger partial charge in [-0.3, -0.25) is 0 Å². The van der Waals surface area contributed by atoms with Crippen LogP contribution in [-0.2, 0) is 13.2 Å². The van der Waals surface area contributed by atoms with Crippen LogP contribution in [0, 0.1) is 5.82 Å². The van der Waals surface area contributed by atoms with E-state index in [1.165, 1.54) is 12.1 Å². The molecule has 158 valence electrons. The molecule has 0 spiro atoms. The molecule has 5 heteroatoms. The van der Waals surface area contributed by atoms with Crippen molar-refractivity contribution in [1.82, 2.24) is 9.55 Å². The molecule has 4 nitrogen and oxygen atoms in total. The lowest BCUT2D eigenvalue weighted by Crippen LogP contribution is -2.02. The van der Waals surface area contributed by atoms with Crippen molar-refractivity contribution in [3.8, 4) is 22.9 Å². The Morgan fingerprint density at radius 2 is 1.56 bits per heavy atom. The fraction of sp³-hybridized carbons (Fsp3) is 0.0741. The fourth-order valence-electron chi connectivity index (χ4n) is 3.70. The number of aromatic hydroxyl groups is 1. The number of aromatic nitrogens is 2. The summed E-state index contributed by atoms with van der Waals surface area (Å²) < 4.78 is 21.5. The van der Waals surface area contributed by atoms with Crippen LogP contribution >= 0.6 is 0 Å². The smallest absolute Gasteiger partial charge is 0.141 e. The van der Waals surface area contributed by atoms with E-state index in [-0.39, 0.29) is 11.6 Å². The molecule has 0 unspecified atom stereocenters. The van der Waals surface area contributed by atoms with Crippen LogP contribution in [-0.4, -0.2) is 14.7 Å². The fourth-order valence-corrected chi connectivity index (χ4v) is 3.70. The summed E-state index contributed by atoms with van der Waals surface area (Å²) in [5.41, 5.74) is 4.70. The van der Waals surface area contributed by atoms with Crippen molar-refractivity contribution in [3.05, 3.63) is 114 Å². The van der Waals surface area contributed by atoms with Gasteiger partial charge in [0, 0.05) is 18.2 Å². The quantitative estimate of drug-likeness (QED) is 0.354. The number of nitrogens with zero attached hydrogens (tertiary/aromatic N) is 2. The van der Waals surface area contributed by atoms with Gasteiger partial charge < -0.3 is 14.4 Å². The molecule has 5 aromatic rings. The Labute approximate surface area is 185 Å². The van der Waals surface area contributed by atoms with Crippen molar-refractivity contribution in [2.45, 2.75) is 13.2 Å². The van der Waals surface area contributed by atoms with E-state index >= 15 is 0 Å². The summed E-state index contributed by atoms with van der Waals surface area (Å²) in [5, 5.41) is 9.68. The number of imidazole rings is 1. The van der Waals surface area contributed by atoms with E-state index in [4.69, 9.17) is 9.72 Å². The first-order valence-corrected chi connectivity index (χ1v) is 10.4. The summed E-state index contributed by atoms with van der Waals surface area (Å²) in [6.45, 7) is 1.02. The van der Waals surface area contributed by atoms with Crippen LogP contribution in [0.2, 0.25) is 0 Å². The van der Waals surface area contributed by atoms with Crippen LogP contribution in [0.4, 0.5) is 4.39 Å². The summed E-state index contributed by atoms with van der Waals surface area (Å²) >= 11 is 0. The third kappa shape index (κ3) is 4.18. The molecule has 0 saturated carbocycles. The van der Waals surface area contributed by atoms with Gasteiger partial charge in [-0.1, -0.05) is 42.5 Å². The lowest BCUT2D eigenvalue weighted by molar-refractivity contribution is 0.306. The van der Waals surface area contributed by atoms with E-state index < -0.39 is 0 Å². The second-order valence-corrected chi connectivity index (χ2v) is 7.62. The van der Waals surface area contributed by atoms with Crippen molar-refractivity contribution < 1.29 is 14.2 Å². The first-order valence-electron chi connectivity index (χ1n) is 10.4. The molecule has 1 N–H and O–H groups in total. The van der Waals surface area contributed by atoms with Crippen LogP contribution < -0.4 is 4.74 Å². The number of hydrogen-bond acceptors (Lipinski definition) is 3. The SMILES string of the molecule is Oc1ccc(-c2nc3cc(OCc4ccccc4)ccc3n2Cc2ccc(F)cc2)cc1. The lowest BCUT2D eigenvalue weighted by atomic mass is 10.2. The van der Waals surface area contributed by atoms with Crippen molar-refractivity contribution in [1.29, 1.82) is 0 Å². The molecule has 0 bridgehead atoms. The topological polar surface area (TPSA) is 47.3 Å². The van der Waals surface area contributed by atoms with Gasteiger partial charge >= 0.3 is 0 Å².